The van der Waals surface area contributed by atoms with Crippen LogP contribution in [-0.4, -0.2) is 17.5 Å². The zero-order valence-corrected chi connectivity index (χ0v) is 9.16. The van der Waals surface area contributed by atoms with Gasteiger partial charge in [0, 0.05) is 24.5 Å². The fourth-order valence-electron chi connectivity index (χ4n) is 2.47. The number of alkyl halides is 2. The minimum atomic E-state index is -2.69. The van der Waals surface area contributed by atoms with Crippen LogP contribution >= 0.6 is 0 Å². The van der Waals surface area contributed by atoms with Crippen LogP contribution in [0.4, 0.5) is 8.78 Å². The number of fused-ring (bicyclic) bond motifs is 1. The van der Waals surface area contributed by atoms with Crippen LogP contribution in [0.2, 0.25) is 0 Å². The Kier molecular flexibility index (Phi) is 2.01. The number of benzene rings is 1. The third-order valence-corrected chi connectivity index (χ3v) is 3.61. The Labute approximate surface area is 97.5 Å². The molecule has 1 unspecified atom stereocenters. The van der Waals surface area contributed by atoms with E-state index in [2.05, 4.69) is 4.98 Å². The number of hydrogen-bond acceptors (Lipinski definition) is 2. The Bertz CT molecular complexity index is 577. The van der Waals surface area contributed by atoms with Gasteiger partial charge in [-0.25, -0.2) is 8.78 Å². The van der Waals surface area contributed by atoms with Crippen molar-refractivity contribution in [2.24, 2.45) is 5.73 Å². The van der Waals surface area contributed by atoms with Crippen LogP contribution in [0.5, 0.6) is 0 Å². The van der Waals surface area contributed by atoms with E-state index in [1.165, 1.54) is 0 Å². The van der Waals surface area contributed by atoms with Crippen LogP contribution in [0.15, 0.2) is 36.5 Å². The van der Waals surface area contributed by atoms with Gasteiger partial charge in [-0.15, -0.1) is 0 Å². The van der Waals surface area contributed by atoms with E-state index >= 15 is 0 Å². The van der Waals surface area contributed by atoms with Crippen LogP contribution in [0.3, 0.4) is 0 Å². The summed E-state index contributed by atoms with van der Waals surface area (Å²) in [4.78, 5) is 4.18. The predicted octanol–water partition coefficient (Wildman–Crippen LogP) is 2.47. The monoisotopic (exact) mass is 234 g/mol. The first-order chi connectivity index (χ1) is 8.11. The fourth-order valence-corrected chi connectivity index (χ4v) is 2.47. The van der Waals surface area contributed by atoms with E-state index in [-0.39, 0.29) is 13.0 Å². The van der Waals surface area contributed by atoms with Crippen molar-refractivity contribution in [1.82, 2.24) is 4.98 Å². The van der Waals surface area contributed by atoms with Gasteiger partial charge in [0.05, 0.1) is 10.9 Å². The summed E-state index contributed by atoms with van der Waals surface area (Å²) in [5.41, 5.74) is 5.74. The van der Waals surface area contributed by atoms with E-state index in [9.17, 15) is 8.78 Å². The lowest BCUT2D eigenvalue weighted by Gasteiger charge is -2.16. The van der Waals surface area contributed by atoms with Crippen LogP contribution < -0.4 is 5.73 Å². The third kappa shape index (κ3) is 1.30. The summed E-state index contributed by atoms with van der Waals surface area (Å²) in [6.45, 7) is -0.0337. The topological polar surface area (TPSA) is 38.9 Å². The van der Waals surface area contributed by atoms with E-state index < -0.39 is 11.3 Å². The lowest BCUT2D eigenvalue weighted by Crippen LogP contribution is -2.27. The molecule has 0 aliphatic heterocycles. The van der Waals surface area contributed by atoms with Crippen LogP contribution in [0, 0.1) is 0 Å². The molecule has 88 valence electrons. The van der Waals surface area contributed by atoms with Gasteiger partial charge in [0.1, 0.15) is 0 Å². The molecule has 4 heteroatoms. The van der Waals surface area contributed by atoms with E-state index in [0.717, 1.165) is 10.9 Å². The summed E-state index contributed by atoms with van der Waals surface area (Å²) in [6, 6.07) is 8.99. The van der Waals surface area contributed by atoms with Gasteiger partial charge in [-0.3, -0.25) is 4.98 Å². The summed E-state index contributed by atoms with van der Waals surface area (Å²) >= 11 is 0. The van der Waals surface area contributed by atoms with Crippen molar-refractivity contribution in [3.05, 3.63) is 42.1 Å². The molecule has 1 aliphatic rings. The molecule has 0 spiro atoms. The molecule has 2 aromatic rings. The molecule has 1 atom stereocenters. The maximum atomic E-state index is 13.6. The minimum absolute atomic E-state index is 0.0337. The van der Waals surface area contributed by atoms with Crippen molar-refractivity contribution in [2.45, 2.75) is 17.8 Å². The van der Waals surface area contributed by atoms with Crippen LogP contribution in [0.25, 0.3) is 10.9 Å². The van der Waals surface area contributed by atoms with E-state index in [4.69, 9.17) is 5.73 Å². The highest BCUT2D eigenvalue weighted by Crippen LogP contribution is 2.61. The van der Waals surface area contributed by atoms with Crippen LogP contribution in [0.1, 0.15) is 12.0 Å². The average Bonchev–Trinajstić information content (AvgIpc) is 2.92. The summed E-state index contributed by atoms with van der Waals surface area (Å²) in [6.07, 6.45) is 1.41. The predicted molar refractivity (Wildman–Crippen MR) is 62.0 cm³/mol. The summed E-state index contributed by atoms with van der Waals surface area (Å²) < 4.78 is 27.1. The fraction of sp³-hybridized carbons (Fsp3) is 0.308. The molecule has 1 saturated carbocycles. The van der Waals surface area contributed by atoms with Gasteiger partial charge in [-0.2, -0.15) is 0 Å². The van der Waals surface area contributed by atoms with Crippen LogP contribution in [-0.2, 0) is 5.41 Å². The van der Waals surface area contributed by atoms with E-state index in [0.29, 0.717) is 5.56 Å². The largest absolute Gasteiger partial charge is 0.329 e. The molecule has 0 radical (unpaired) electrons. The number of aromatic nitrogens is 1. The Morgan fingerprint density at radius 2 is 1.94 bits per heavy atom. The molecule has 1 aromatic heterocycles. The van der Waals surface area contributed by atoms with Crippen molar-refractivity contribution in [1.29, 1.82) is 0 Å². The highest BCUT2D eigenvalue weighted by molar-refractivity contribution is 5.84. The molecule has 3 rings (SSSR count). The molecular weight excluding hydrogens is 222 g/mol. The molecule has 2 N–H and O–H groups in total. The SMILES string of the molecule is NCC1(c2ccnc3ccccc23)CC1(F)F. The Balaban J connectivity index is 2.25. The number of hydrogen-bond donors (Lipinski definition) is 1. The number of pyridine rings is 1. The number of nitrogens with two attached hydrogens (primary N) is 1. The van der Waals surface area contributed by atoms with E-state index in [1.54, 1.807) is 12.3 Å². The number of halogens is 2. The molecule has 0 saturated heterocycles. The second-order valence-electron chi connectivity index (χ2n) is 4.54. The Hall–Kier alpha value is -1.55. The Morgan fingerprint density at radius 3 is 2.59 bits per heavy atom. The zero-order chi connectivity index (χ0) is 12.1. The average molecular weight is 234 g/mol. The van der Waals surface area contributed by atoms with Gasteiger partial charge in [-0.1, -0.05) is 18.2 Å². The highest BCUT2D eigenvalue weighted by atomic mass is 19.3. The van der Waals surface area contributed by atoms with Gasteiger partial charge < -0.3 is 5.73 Å². The second kappa shape index (κ2) is 3.23. The molecule has 2 nitrogen and oxygen atoms in total. The third-order valence-electron chi connectivity index (χ3n) is 3.61. The molecular formula is C13H12F2N2. The normalized spacial score (nSPS) is 26.1. The second-order valence-corrected chi connectivity index (χ2v) is 4.54. The molecule has 1 aliphatic carbocycles. The summed E-state index contributed by atoms with van der Waals surface area (Å²) in [5.74, 6) is -2.69. The van der Waals surface area contributed by atoms with Crippen molar-refractivity contribution < 1.29 is 8.78 Å². The first kappa shape index (κ1) is 10.6. The first-order valence-corrected chi connectivity index (χ1v) is 5.53. The van der Waals surface area contributed by atoms with Gasteiger partial charge in [0.15, 0.2) is 0 Å². The molecule has 1 fully saturated rings. The van der Waals surface area contributed by atoms with Crippen molar-refractivity contribution >= 4 is 10.9 Å². The standard InChI is InChI=1S/C13H12F2N2/c14-13(15)7-12(13,8-16)10-5-6-17-11-4-2-1-3-9(10)11/h1-6H,7-8,16H2. The quantitative estimate of drug-likeness (QED) is 0.867. The van der Waals surface area contributed by atoms with E-state index in [1.807, 2.05) is 24.3 Å². The maximum Gasteiger partial charge on any atom is 0.260 e. The number of para-hydroxylation sites is 1. The molecule has 1 aromatic carbocycles. The van der Waals surface area contributed by atoms with Gasteiger partial charge in [0.25, 0.3) is 5.92 Å². The zero-order valence-electron chi connectivity index (χ0n) is 9.16. The molecule has 0 bridgehead atoms. The number of rotatable bonds is 2. The smallest absolute Gasteiger partial charge is 0.260 e. The first-order valence-electron chi connectivity index (χ1n) is 5.53. The van der Waals surface area contributed by atoms with Gasteiger partial charge >= 0.3 is 0 Å². The van der Waals surface area contributed by atoms with Crippen molar-refractivity contribution in [3.8, 4) is 0 Å². The van der Waals surface area contributed by atoms with Crippen molar-refractivity contribution in [2.75, 3.05) is 6.54 Å². The summed E-state index contributed by atoms with van der Waals surface area (Å²) in [5, 5.41) is 0.776. The highest BCUT2D eigenvalue weighted by Gasteiger charge is 2.71. The van der Waals surface area contributed by atoms with Crippen molar-refractivity contribution in [3.63, 3.8) is 0 Å². The maximum absolute atomic E-state index is 13.6. The molecule has 0 amide bonds. The molecule has 17 heavy (non-hydrogen) atoms. The summed E-state index contributed by atoms with van der Waals surface area (Å²) in [7, 11) is 0. The number of nitrogens with zero attached hydrogens (tertiary/aromatic N) is 1. The lowest BCUT2D eigenvalue weighted by molar-refractivity contribution is 0.0899. The van der Waals surface area contributed by atoms with Gasteiger partial charge in [-0.05, 0) is 17.7 Å². The van der Waals surface area contributed by atoms with Gasteiger partial charge in [0.2, 0.25) is 0 Å². The molecule has 1 heterocycles. The lowest BCUT2D eigenvalue weighted by atomic mass is 9.92. The Morgan fingerprint density at radius 1 is 1.24 bits per heavy atom. The minimum Gasteiger partial charge on any atom is -0.329 e.